The van der Waals surface area contributed by atoms with Gasteiger partial charge in [0.1, 0.15) is 5.75 Å². The number of phenols is 1. The first-order valence-electron chi connectivity index (χ1n) is 4.90. The number of carbonyl (C=O) groups is 1. The topological polar surface area (TPSA) is 95.5 Å². The molecule has 0 aliphatic carbocycles. The Morgan fingerprint density at radius 3 is 2.29 bits per heavy atom. The second-order valence-corrected chi connectivity index (χ2v) is 5.17. The van der Waals surface area contributed by atoms with E-state index in [-0.39, 0.29) is 10.6 Å². The summed E-state index contributed by atoms with van der Waals surface area (Å²) in [7, 11) is -2.33. The molecule has 1 amide bonds. The van der Waals surface area contributed by atoms with Crippen LogP contribution in [0.1, 0.15) is 6.92 Å². The van der Waals surface area contributed by atoms with E-state index in [0.717, 1.165) is 0 Å². The fourth-order valence-corrected chi connectivity index (χ4v) is 2.40. The van der Waals surface area contributed by atoms with Gasteiger partial charge in [-0.25, -0.2) is 8.42 Å². The van der Waals surface area contributed by atoms with Crippen molar-refractivity contribution in [1.82, 2.24) is 10.0 Å². The molecular formula is C10H14N2O4S. The molecule has 1 unspecified atom stereocenters. The third-order valence-electron chi connectivity index (χ3n) is 2.12. The first-order chi connectivity index (χ1) is 7.86. The lowest BCUT2D eigenvalue weighted by atomic mass is 10.3. The average Bonchev–Trinajstić information content (AvgIpc) is 2.27. The molecule has 3 N–H and O–H groups in total. The largest absolute Gasteiger partial charge is 0.508 e. The van der Waals surface area contributed by atoms with Crippen molar-refractivity contribution < 1.29 is 18.3 Å². The van der Waals surface area contributed by atoms with E-state index in [1.807, 2.05) is 0 Å². The maximum Gasteiger partial charge on any atom is 0.241 e. The van der Waals surface area contributed by atoms with Crippen molar-refractivity contribution in [3.8, 4) is 5.75 Å². The van der Waals surface area contributed by atoms with Crippen LogP contribution in [0, 0.1) is 0 Å². The molecule has 6 nitrogen and oxygen atoms in total. The lowest BCUT2D eigenvalue weighted by Gasteiger charge is -2.12. The second kappa shape index (κ2) is 5.15. The molecule has 0 fully saturated rings. The average molecular weight is 258 g/mol. The molecule has 0 aliphatic rings. The smallest absolute Gasteiger partial charge is 0.241 e. The maximum absolute atomic E-state index is 11.8. The molecule has 1 rings (SSSR count). The van der Waals surface area contributed by atoms with Gasteiger partial charge in [0.2, 0.25) is 15.9 Å². The minimum atomic E-state index is -3.75. The van der Waals surface area contributed by atoms with Crippen LogP contribution in [0.15, 0.2) is 29.2 Å². The number of likely N-dealkylation sites (N-methyl/N-ethyl adjacent to an activating group) is 1. The molecule has 0 saturated carbocycles. The summed E-state index contributed by atoms with van der Waals surface area (Å²) in [6.45, 7) is 1.44. The van der Waals surface area contributed by atoms with E-state index in [4.69, 9.17) is 5.11 Å². The number of sulfonamides is 1. The lowest BCUT2D eigenvalue weighted by molar-refractivity contribution is -0.121. The summed E-state index contributed by atoms with van der Waals surface area (Å²) < 4.78 is 25.8. The fourth-order valence-electron chi connectivity index (χ4n) is 1.20. The van der Waals surface area contributed by atoms with E-state index >= 15 is 0 Å². The summed E-state index contributed by atoms with van der Waals surface area (Å²) in [4.78, 5) is 11.2. The van der Waals surface area contributed by atoms with Crippen molar-refractivity contribution in [1.29, 1.82) is 0 Å². The van der Waals surface area contributed by atoms with E-state index in [1.165, 1.54) is 38.2 Å². The van der Waals surface area contributed by atoms with Gasteiger partial charge in [-0.1, -0.05) is 0 Å². The highest BCUT2D eigenvalue weighted by atomic mass is 32.2. The molecule has 17 heavy (non-hydrogen) atoms. The molecule has 0 saturated heterocycles. The Morgan fingerprint density at radius 2 is 1.82 bits per heavy atom. The standard InChI is InChI=1S/C10H14N2O4S/c1-7(10(14)11-2)12-17(15,16)9-5-3-8(13)4-6-9/h3-7,12-13H,1-2H3,(H,11,14). The first-order valence-corrected chi connectivity index (χ1v) is 6.38. The molecule has 0 aromatic heterocycles. The molecule has 1 aromatic rings. The van der Waals surface area contributed by atoms with Crippen LogP contribution in [0.25, 0.3) is 0 Å². The molecule has 0 radical (unpaired) electrons. The van der Waals surface area contributed by atoms with Crippen LogP contribution < -0.4 is 10.0 Å². The molecule has 94 valence electrons. The molecule has 0 heterocycles. The molecule has 0 bridgehead atoms. The number of hydrogen-bond acceptors (Lipinski definition) is 4. The SMILES string of the molecule is CNC(=O)C(C)NS(=O)(=O)c1ccc(O)cc1. The number of rotatable bonds is 4. The Hall–Kier alpha value is -1.60. The number of amides is 1. The zero-order valence-corrected chi connectivity index (χ0v) is 10.3. The van der Waals surface area contributed by atoms with E-state index < -0.39 is 22.0 Å². The van der Waals surface area contributed by atoms with Gasteiger partial charge in [-0.2, -0.15) is 4.72 Å². The third-order valence-corrected chi connectivity index (χ3v) is 3.68. The van der Waals surface area contributed by atoms with Crippen molar-refractivity contribution in [3.63, 3.8) is 0 Å². The zero-order valence-electron chi connectivity index (χ0n) is 9.47. The van der Waals surface area contributed by atoms with Crippen LogP contribution in [0.3, 0.4) is 0 Å². The van der Waals surface area contributed by atoms with Gasteiger partial charge in [0.25, 0.3) is 0 Å². The third kappa shape index (κ3) is 3.43. The van der Waals surface area contributed by atoms with Crippen molar-refractivity contribution in [2.45, 2.75) is 17.9 Å². The van der Waals surface area contributed by atoms with Crippen molar-refractivity contribution in [3.05, 3.63) is 24.3 Å². The number of phenolic OH excluding ortho intramolecular Hbond substituents is 1. The minimum Gasteiger partial charge on any atom is -0.508 e. The molecule has 0 aliphatic heterocycles. The number of aromatic hydroxyl groups is 1. The van der Waals surface area contributed by atoms with E-state index in [1.54, 1.807) is 0 Å². The number of carbonyl (C=O) groups excluding carboxylic acids is 1. The van der Waals surface area contributed by atoms with E-state index in [2.05, 4.69) is 10.0 Å². The predicted molar refractivity (Wildman–Crippen MR) is 62.0 cm³/mol. The van der Waals surface area contributed by atoms with Gasteiger partial charge in [0.15, 0.2) is 0 Å². The summed E-state index contributed by atoms with van der Waals surface area (Å²) in [6.07, 6.45) is 0. The van der Waals surface area contributed by atoms with Gasteiger partial charge in [0, 0.05) is 7.05 Å². The van der Waals surface area contributed by atoms with Gasteiger partial charge in [-0.05, 0) is 31.2 Å². The number of hydrogen-bond donors (Lipinski definition) is 3. The van der Waals surface area contributed by atoms with Gasteiger partial charge in [-0.3, -0.25) is 4.79 Å². The van der Waals surface area contributed by atoms with Crippen molar-refractivity contribution in [2.24, 2.45) is 0 Å². The Kier molecular flexibility index (Phi) is 4.08. The van der Waals surface area contributed by atoms with E-state index in [0.29, 0.717) is 0 Å². The van der Waals surface area contributed by atoms with Gasteiger partial charge in [-0.15, -0.1) is 0 Å². The Morgan fingerprint density at radius 1 is 1.29 bits per heavy atom. The zero-order chi connectivity index (χ0) is 13.1. The van der Waals surface area contributed by atoms with Crippen LogP contribution in [-0.4, -0.2) is 32.5 Å². The van der Waals surface area contributed by atoms with Crippen LogP contribution >= 0.6 is 0 Å². The second-order valence-electron chi connectivity index (χ2n) is 3.45. The van der Waals surface area contributed by atoms with Gasteiger partial charge in [0.05, 0.1) is 10.9 Å². The molecule has 0 spiro atoms. The minimum absolute atomic E-state index is 0.00828. The predicted octanol–water partition coefficient (Wildman–Crippen LogP) is -0.195. The monoisotopic (exact) mass is 258 g/mol. The fraction of sp³-hybridized carbons (Fsp3) is 0.300. The quantitative estimate of drug-likeness (QED) is 0.697. The summed E-state index contributed by atoms with van der Waals surface area (Å²) >= 11 is 0. The normalized spacial score (nSPS) is 13.1. The highest BCUT2D eigenvalue weighted by Crippen LogP contribution is 2.14. The van der Waals surface area contributed by atoms with Gasteiger partial charge < -0.3 is 10.4 Å². The van der Waals surface area contributed by atoms with Gasteiger partial charge >= 0.3 is 0 Å². The summed E-state index contributed by atoms with van der Waals surface area (Å²) in [5.41, 5.74) is 0. The summed E-state index contributed by atoms with van der Waals surface area (Å²) in [5, 5.41) is 11.4. The number of benzene rings is 1. The lowest BCUT2D eigenvalue weighted by Crippen LogP contribution is -2.43. The van der Waals surface area contributed by atoms with Crippen molar-refractivity contribution >= 4 is 15.9 Å². The Labute approximate surface area is 99.7 Å². The number of nitrogens with one attached hydrogen (secondary N) is 2. The summed E-state index contributed by atoms with van der Waals surface area (Å²) in [5.74, 6) is -0.448. The highest BCUT2D eigenvalue weighted by Gasteiger charge is 2.20. The molecule has 1 atom stereocenters. The molecular weight excluding hydrogens is 244 g/mol. The first kappa shape index (κ1) is 13.5. The van der Waals surface area contributed by atoms with Crippen LogP contribution in [0.4, 0.5) is 0 Å². The van der Waals surface area contributed by atoms with E-state index in [9.17, 15) is 13.2 Å². The Bertz CT molecular complexity index is 496. The highest BCUT2D eigenvalue weighted by molar-refractivity contribution is 7.89. The van der Waals surface area contributed by atoms with Crippen LogP contribution in [0.5, 0.6) is 5.75 Å². The summed E-state index contributed by atoms with van der Waals surface area (Å²) in [6, 6.07) is 4.18. The molecule has 7 heteroatoms. The maximum atomic E-state index is 11.8. The van der Waals surface area contributed by atoms with Crippen LogP contribution in [0.2, 0.25) is 0 Å². The molecule has 1 aromatic carbocycles. The Balaban J connectivity index is 2.89. The van der Waals surface area contributed by atoms with Crippen molar-refractivity contribution in [2.75, 3.05) is 7.05 Å². The van der Waals surface area contributed by atoms with Crippen LogP contribution in [-0.2, 0) is 14.8 Å².